The third-order valence-corrected chi connectivity index (χ3v) is 8.74. The van der Waals surface area contributed by atoms with Gasteiger partial charge in [0.05, 0.1) is 0 Å². The van der Waals surface area contributed by atoms with Crippen molar-refractivity contribution in [2.75, 3.05) is 0 Å². The maximum Gasteiger partial charge on any atom is 0.0205 e. The Balaban J connectivity index is 1.67. The van der Waals surface area contributed by atoms with Gasteiger partial charge in [0.25, 0.3) is 0 Å². The Hall–Kier alpha value is -2.86. The summed E-state index contributed by atoms with van der Waals surface area (Å²) >= 11 is 0. The van der Waals surface area contributed by atoms with Gasteiger partial charge in [-0.05, 0) is 84.9 Å². The van der Waals surface area contributed by atoms with E-state index >= 15 is 0 Å². The van der Waals surface area contributed by atoms with Gasteiger partial charge in [0.1, 0.15) is 0 Å². The molecule has 0 heterocycles. The molecule has 0 amide bonds. The van der Waals surface area contributed by atoms with Gasteiger partial charge in [0.2, 0.25) is 0 Å². The largest absolute Gasteiger partial charge is 0.0946 e. The van der Waals surface area contributed by atoms with Gasteiger partial charge in [0, 0.05) is 17.8 Å². The third-order valence-electron chi connectivity index (χ3n) is 8.74. The standard InChI is InChI=1S/C35H40/c1-20(2)32-29(18-28-17-22(4)16-24(28)6)19-31-26(8)33(30-11-9-10-23(5)25(30)7)34(35(31)32)27-14-12-21(3)13-15-27/h9-17,19-20,24,29,33-34H,8,18H2,1-7H3. The molecule has 0 radical (unpaired) electrons. The van der Waals surface area contributed by atoms with Gasteiger partial charge in [-0.25, -0.2) is 0 Å². The molecule has 3 aliphatic carbocycles. The molecule has 0 spiro atoms. The lowest BCUT2D eigenvalue weighted by molar-refractivity contribution is 0.593. The van der Waals surface area contributed by atoms with Crippen LogP contribution in [-0.2, 0) is 0 Å². The van der Waals surface area contributed by atoms with E-state index in [1.54, 1.807) is 16.7 Å². The first-order chi connectivity index (χ1) is 16.7. The first kappa shape index (κ1) is 23.9. The van der Waals surface area contributed by atoms with E-state index in [0.29, 0.717) is 29.6 Å². The minimum atomic E-state index is 0.294. The van der Waals surface area contributed by atoms with Crippen LogP contribution in [0.4, 0.5) is 0 Å². The van der Waals surface area contributed by atoms with Crippen molar-refractivity contribution >= 4 is 0 Å². The highest BCUT2D eigenvalue weighted by atomic mass is 14.5. The minimum Gasteiger partial charge on any atom is -0.0946 e. The van der Waals surface area contributed by atoms with Crippen LogP contribution in [0.15, 0.2) is 101 Å². The second-order valence-electron chi connectivity index (χ2n) is 11.5. The van der Waals surface area contributed by atoms with Crippen LogP contribution in [0.5, 0.6) is 0 Å². The zero-order valence-corrected chi connectivity index (χ0v) is 22.6. The molecular weight excluding hydrogens is 420 g/mol. The Morgan fingerprint density at radius 2 is 1.60 bits per heavy atom. The predicted molar refractivity (Wildman–Crippen MR) is 151 cm³/mol. The lowest BCUT2D eigenvalue weighted by Crippen LogP contribution is -2.14. The maximum atomic E-state index is 4.78. The Kier molecular flexibility index (Phi) is 6.12. The van der Waals surface area contributed by atoms with E-state index in [1.165, 1.54) is 44.5 Å². The van der Waals surface area contributed by atoms with Crippen molar-refractivity contribution in [2.24, 2.45) is 17.8 Å². The highest BCUT2D eigenvalue weighted by Crippen LogP contribution is 2.61. The summed E-state index contributed by atoms with van der Waals surface area (Å²) < 4.78 is 0. The van der Waals surface area contributed by atoms with E-state index < -0.39 is 0 Å². The van der Waals surface area contributed by atoms with Crippen LogP contribution in [0.1, 0.15) is 73.8 Å². The van der Waals surface area contributed by atoms with E-state index in [1.807, 2.05) is 0 Å². The first-order valence-corrected chi connectivity index (χ1v) is 13.3. The van der Waals surface area contributed by atoms with Crippen LogP contribution in [0.3, 0.4) is 0 Å². The molecule has 0 aliphatic heterocycles. The molecule has 35 heavy (non-hydrogen) atoms. The van der Waals surface area contributed by atoms with E-state index in [2.05, 4.69) is 109 Å². The van der Waals surface area contributed by atoms with E-state index in [4.69, 9.17) is 6.58 Å². The molecule has 1 fully saturated rings. The number of aryl methyl sites for hydroxylation is 2. The molecule has 2 aromatic rings. The molecule has 2 aromatic carbocycles. The summed E-state index contributed by atoms with van der Waals surface area (Å²) in [5.74, 6) is 2.14. The summed E-state index contributed by atoms with van der Waals surface area (Å²) in [6, 6.07) is 16.1. The molecule has 180 valence electrons. The van der Waals surface area contributed by atoms with Crippen LogP contribution in [0, 0.1) is 38.5 Å². The topological polar surface area (TPSA) is 0 Å². The van der Waals surface area contributed by atoms with E-state index in [0.717, 1.165) is 6.42 Å². The number of fused-ring (bicyclic) bond motifs is 1. The molecule has 1 saturated carbocycles. The summed E-state index contributed by atoms with van der Waals surface area (Å²) in [7, 11) is 0. The smallest absolute Gasteiger partial charge is 0.0205 e. The minimum absolute atomic E-state index is 0.294. The average Bonchev–Trinajstić information content (AvgIpc) is 3.42. The summed E-state index contributed by atoms with van der Waals surface area (Å²) in [4.78, 5) is 0. The van der Waals surface area contributed by atoms with Gasteiger partial charge < -0.3 is 0 Å². The van der Waals surface area contributed by atoms with Gasteiger partial charge in [-0.3, -0.25) is 0 Å². The molecule has 3 aliphatic rings. The van der Waals surface area contributed by atoms with Gasteiger partial charge >= 0.3 is 0 Å². The Morgan fingerprint density at radius 1 is 0.886 bits per heavy atom. The second-order valence-corrected chi connectivity index (χ2v) is 11.5. The fourth-order valence-electron chi connectivity index (χ4n) is 6.89. The van der Waals surface area contributed by atoms with Crippen LogP contribution >= 0.6 is 0 Å². The number of allylic oxidation sites excluding steroid dienone is 9. The van der Waals surface area contributed by atoms with E-state index in [9.17, 15) is 0 Å². The SMILES string of the molecule is C=C1C2=CC(CC3=CC(C)=CC3C)C(C(C)C)=C2C(c2ccc(C)cc2)C1c1cccc(C)c1C. The molecule has 0 heteroatoms. The van der Waals surface area contributed by atoms with Gasteiger partial charge in [-0.2, -0.15) is 0 Å². The van der Waals surface area contributed by atoms with Crippen molar-refractivity contribution in [3.8, 4) is 0 Å². The second kappa shape index (κ2) is 8.98. The van der Waals surface area contributed by atoms with Crippen molar-refractivity contribution in [1.29, 1.82) is 0 Å². The van der Waals surface area contributed by atoms with Crippen molar-refractivity contribution in [3.63, 3.8) is 0 Å². The van der Waals surface area contributed by atoms with Crippen LogP contribution in [0.2, 0.25) is 0 Å². The molecule has 0 bridgehead atoms. The highest BCUT2D eigenvalue weighted by Gasteiger charge is 2.46. The summed E-state index contributed by atoms with van der Waals surface area (Å²) in [5.41, 5.74) is 15.9. The number of benzene rings is 2. The summed E-state index contributed by atoms with van der Waals surface area (Å²) in [5, 5.41) is 0. The van der Waals surface area contributed by atoms with Crippen molar-refractivity contribution < 1.29 is 0 Å². The fraction of sp³-hybridized carbons (Fsp3) is 0.371. The van der Waals surface area contributed by atoms with E-state index in [-0.39, 0.29) is 0 Å². The van der Waals surface area contributed by atoms with Gasteiger partial charge in [-0.15, -0.1) is 0 Å². The van der Waals surface area contributed by atoms with Crippen molar-refractivity contribution in [3.05, 3.63) is 129 Å². The molecule has 4 atom stereocenters. The maximum absolute atomic E-state index is 4.78. The summed E-state index contributed by atoms with van der Waals surface area (Å²) in [6.45, 7) is 20.8. The number of hydrogen-bond acceptors (Lipinski definition) is 0. The Bertz CT molecular complexity index is 1300. The summed E-state index contributed by atoms with van der Waals surface area (Å²) in [6.07, 6.45) is 8.54. The number of rotatable bonds is 5. The molecule has 0 saturated heterocycles. The fourth-order valence-corrected chi connectivity index (χ4v) is 6.89. The zero-order chi connectivity index (χ0) is 25.0. The Morgan fingerprint density at radius 3 is 2.23 bits per heavy atom. The van der Waals surface area contributed by atoms with Crippen LogP contribution in [0.25, 0.3) is 0 Å². The zero-order valence-electron chi connectivity index (χ0n) is 22.6. The Labute approximate surface area is 212 Å². The van der Waals surface area contributed by atoms with Crippen LogP contribution < -0.4 is 0 Å². The molecule has 0 nitrogen and oxygen atoms in total. The van der Waals surface area contributed by atoms with Gasteiger partial charge in [-0.1, -0.05) is 110 Å². The lowest BCUT2D eigenvalue weighted by Gasteiger charge is -2.28. The molecule has 0 N–H and O–H groups in total. The molecule has 4 unspecified atom stereocenters. The normalized spacial score (nSPS) is 25.8. The third kappa shape index (κ3) is 4.02. The highest BCUT2D eigenvalue weighted by molar-refractivity contribution is 5.69. The number of hydrogen-bond donors (Lipinski definition) is 0. The van der Waals surface area contributed by atoms with Crippen molar-refractivity contribution in [1.82, 2.24) is 0 Å². The molecule has 0 aromatic heterocycles. The predicted octanol–water partition coefficient (Wildman–Crippen LogP) is 9.47. The quantitative estimate of drug-likeness (QED) is 0.417. The monoisotopic (exact) mass is 460 g/mol. The first-order valence-electron chi connectivity index (χ1n) is 13.3. The van der Waals surface area contributed by atoms with Crippen molar-refractivity contribution in [2.45, 2.75) is 66.7 Å². The van der Waals surface area contributed by atoms with Gasteiger partial charge in [0.15, 0.2) is 0 Å². The average molecular weight is 461 g/mol. The van der Waals surface area contributed by atoms with Crippen LogP contribution in [-0.4, -0.2) is 0 Å². The molecule has 5 rings (SSSR count). The molecular formula is C35H40. The lowest BCUT2D eigenvalue weighted by atomic mass is 9.75.